The molecule has 4 rings (SSSR count). The summed E-state index contributed by atoms with van der Waals surface area (Å²) in [6.45, 7) is 3.53. The Morgan fingerprint density at radius 1 is 1.19 bits per heavy atom. The first kappa shape index (κ1) is 26.1. The first-order valence-corrected chi connectivity index (χ1v) is 13.5. The van der Waals surface area contributed by atoms with E-state index < -0.39 is 15.9 Å². The number of hydrogen-bond acceptors (Lipinski definition) is 10. The van der Waals surface area contributed by atoms with Gasteiger partial charge in [0.15, 0.2) is 11.5 Å². The summed E-state index contributed by atoms with van der Waals surface area (Å²) in [5.41, 5.74) is 1.90. The predicted octanol–water partition coefficient (Wildman–Crippen LogP) is 5.11. The van der Waals surface area contributed by atoms with Gasteiger partial charge in [0, 0.05) is 13.1 Å². The lowest BCUT2D eigenvalue weighted by Gasteiger charge is -2.14. The highest BCUT2D eigenvalue weighted by Gasteiger charge is 2.24. The number of nitrogens with zero attached hydrogens (tertiary/aromatic N) is 3. The molecule has 2 N–H and O–H groups in total. The molecular weight excluding hydrogens is 512 g/mol. The van der Waals surface area contributed by atoms with E-state index in [1.54, 1.807) is 69.7 Å². The largest absolute Gasteiger partial charge is 0.503 e. The van der Waals surface area contributed by atoms with Crippen LogP contribution in [-0.4, -0.2) is 42.1 Å². The van der Waals surface area contributed by atoms with Gasteiger partial charge < -0.3 is 15.2 Å². The van der Waals surface area contributed by atoms with Gasteiger partial charge in [-0.25, -0.2) is 15.0 Å². The number of aryl methyl sites for hydroxylation is 1. The molecule has 0 fully saturated rings. The third-order valence-corrected chi connectivity index (χ3v) is 7.35. The van der Waals surface area contributed by atoms with Crippen molar-refractivity contribution in [2.24, 2.45) is 0 Å². The minimum atomic E-state index is -4.11. The van der Waals surface area contributed by atoms with Gasteiger partial charge in [-0.2, -0.15) is 8.42 Å². The summed E-state index contributed by atoms with van der Waals surface area (Å²) in [6.07, 6.45) is 7.21. The van der Waals surface area contributed by atoms with Crippen molar-refractivity contribution in [2.75, 3.05) is 19.0 Å². The van der Waals surface area contributed by atoms with E-state index in [4.69, 9.17) is 8.92 Å². The number of thiazole rings is 1. The van der Waals surface area contributed by atoms with Gasteiger partial charge in [0.25, 0.3) is 0 Å². The number of allylic oxidation sites excluding steroid dienone is 1. The second-order valence-corrected chi connectivity index (χ2v) is 10.4. The number of ether oxygens (including phenoxy) is 1. The number of fused-ring (bicyclic) bond motifs is 1. The molecule has 0 spiro atoms. The molecule has 0 aliphatic heterocycles. The average molecular weight is 537 g/mol. The molecule has 0 radical (unpaired) electrons. The van der Waals surface area contributed by atoms with Crippen LogP contribution in [0.25, 0.3) is 16.3 Å². The van der Waals surface area contributed by atoms with E-state index in [2.05, 4.69) is 32.1 Å². The summed E-state index contributed by atoms with van der Waals surface area (Å²) in [5, 5.41) is 14.3. The smallest absolute Gasteiger partial charge is 0.300 e. The summed E-state index contributed by atoms with van der Waals surface area (Å²) in [4.78, 5) is 12.6. The van der Waals surface area contributed by atoms with E-state index in [0.717, 1.165) is 15.2 Å². The molecule has 0 amide bonds. The van der Waals surface area contributed by atoms with Gasteiger partial charge in [-0.1, -0.05) is 18.9 Å². The van der Waals surface area contributed by atoms with Gasteiger partial charge in [0.1, 0.15) is 27.2 Å². The first-order valence-electron chi connectivity index (χ1n) is 11.3. The standard InChI is InChI=1S/C26H24N4O5S2/c1-4-13-34-37(32,33)22-12-9-17(2)26(25(22)31)35-19-10-11-20-21(14-19)36-24(30-20)8-6-5-7-18-15-29-23(27-3)16-28-18/h6,8-12,14-16,31H,4,13H2,1-3H3,(H,27,29). The Morgan fingerprint density at radius 3 is 2.76 bits per heavy atom. The Bertz CT molecular complexity index is 1620. The summed E-state index contributed by atoms with van der Waals surface area (Å²) in [7, 11) is -2.35. The van der Waals surface area contributed by atoms with E-state index in [1.807, 2.05) is 0 Å². The number of aromatic nitrogens is 3. The molecule has 9 nitrogen and oxygen atoms in total. The Labute approximate surface area is 219 Å². The summed E-state index contributed by atoms with van der Waals surface area (Å²) >= 11 is 1.44. The number of rotatable bonds is 8. The number of anilines is 1. The summed E-state index contributed by atoms with van der Waals surface area (Å²) in [6, 6.07) is 8.15. The highest BCUT2D eigenvalue weighted by molar-refractivity contribution is 7.86. The maximum atomic E-state index is 12.5. The molecule has 0 unspecified atom stereocenters. The van der Waals surface area contributed by atoms with Crippen molar-refractivity contribution in [2.45, 2.75) is 25.2 Å². The minimum Gasteiger partial charge on any atom is -0.503 e. The molecule has 2 aromatic carbocycles. The van der Waals surface area contributed by atoms with Gasteiger partial charge in [-0.3, -0.25) is 4.18 Å². The number of aromatic hydroxyl groups is 1. The second kappa shape index (κ2) is 11.4. The van der Waals surface area contributed by atoms with Gasteiger partial charge >= 0.3 is 10.1 Å². The lowest BCUT2D eigenvalue weighted by atomic mass is 10.2. The van der Waals surface area contributed by atoms with Crippen molar-refractivity contribution in [3.63, 3.8) is 0 Å². The van der Waals surface area contributed by atoms with E-state index >= 15 is 0 Å². The highest BCUT2D eigenvalue weighted by atomic mass is 32.2. The maximum absolute atomic E-state index is 12.5. The lowest BCUT2D eigenvalue weighted by molar-refractivity contribution is 0.314. The molecule has 190 valence electrons. The zero-order valence-electron chi connectivity index (χ0n) is 20.3. The quantitative estimate of drug-likeness (QED) is 0.233. The fourth-order valence-corrected chi connectivity index (χ4v) is 5.14. The van der Waals surface area contributed by atoms with Crippen LogP contribution < -0.4 is 10.1 Å². The highest BCUT2D eigenvalue weighted by Crippen LogP contribution is 2.40. The van der Waals surface area contributed by atoms with Crippen molar-refractivity contribution in [1.29, 1.82) is 0 Å². The van der Waals surface area contributed by atoms with Crippen molar-refractivity contribution in [3.8, 4) is 29.1 Å². The molecule has 2 heterocycles. The zero-order chi connectivity index (χ0) is 26.4. The van der Waals surface area contributed by atoms with Crippen LogP contribution in [0.15, 0.2) is 53.7 Å². The predicted molar refractivity (Wildman–Crippen MR) is 143 cm³/mol. The molecular formula is C26H24N4O5S2. The molecule has 2 aromatic heterocycles. The Hall–Kier alpha value is -3.98. The normalized spacial score (nSPS) is 11.4. The molecule has 0 atom stereocenters. The fraction of sp³-hybridized carbons (Fsp3) is 0.192. The lowest BCUT2D eigenvalue weighted by Crippen LogP contribution is -2.08. The van der Waals surface area contributed by atoms with Gasteiger partial charge in [0.2, 0.25) is 0 Å². The van der Waals surface area contributed by atoms with Crippen LogP contribution in [-0.2, 0) is 14.3 Å². The third-order valence-electron chi connectivity index (χ3n) is 5.02. The van der Waals surface area contributed by atoms with Crippen molar-refractivity contribution < 1.29 is 22.4 Å². The molecule has 0 aliphatic rings. The van der Waals surface area contributed by atoms with Crippen LogP contribution in [0.4, 0.5) is 5.82 Å². The summed E-state index contributed by atoms with van der Waals surface area (Å²) < 4.78 is 36.6. The minimum absolute atomic E-state index is 0.0219. The molecule has 0 bridgehead atoms. The average Bonchev–Trinajstić information content (AvgIpc) is 3.30. The molecule has 0 aliphatic carbocycles. The third kappa shape index (κ3) is 6.24. The van der Waals surface area contributed by atoms with E-state index in [9.17, 15) is 13.5 Å². The topological polar surface area (TPSA) is 124 Å². The van der Waals surface area contributed by atoms with Crippen molar-refractivity contribution >= 4 is 43.6 Å². The van der Waals surface area contributed by atoms with Crippen LogP contribution in [0.5, 0.6) is 17.2 Å². The van der Waals surface area contributed by atoms with Gasteiger partial charge in [0.05, 0.1) is 29.2 Å². The van der Waals surface area contributed by atoms with Crippen molar-refractivity contribution in [1.82, 2.24) is 15.0 Å². The number of hydrogen-bond donors (Lipinski definition) is 2. The Kier molecular flexibility index (Phi) is 8.03. The van der Waals surface area contributed by atoms with E-state index in [0.29, 0.717) is 29.2 Å². The number of phenolic OH excluding ortho intramolecular Hbond substituents is 1. The van der Waals surface area contributed by atoms with E-state index in [1.165, 1.54) is 17.4 Å². The van der Waals surface area contributed by atoms with Crippen LogP contribution in [0, 0.1) is 18.8 Å². The maximum Gasteiger partial charge on any atom is 0.300 e. The number of nitrogens with one attached hydrogen (secondary N) is 1. The van der Waals surface area contributed by atoms with Crippen LogP contribution >= 0.6 is 11.3 Å². The SMILES string of the molecule is CCCOS(=O)(=O)c1ccc(C)c(Oc2ccc3nc(C=CC#Cc4cnc(NC)cn4)sc3c2)c1O. The zero-order valence-corrected chi connectivity index (χ0v) is 22.0. The molecule has 0 saturated carbocycles. The molecule has 4 aromatic rings. The van der Waals surface area contributed by atoms with Gasteiger partial charge in [-0.15, -0.1) is 11.3 Å². The van der Waals surface area contributed by atoms with Gasteiger partial charge in [-0.05, 0) is 55.2 Å². The second-order valence-electron chi connectivity index (χ2n) is 7.76. The molecule has 11 heteroatoms. The summed E-state index contributed by atoms with van der Waals surface area (Å²) in [5.74, 6) is 6.49. The fourth-order valence-electron chi connectivity index (χ4n) is 3.17. The monoisotopic (exact) mass is 536 g/mol. The van der Waals surface area contributed by atoms with Crippen LogP contribution in [0.1, 0.15) is 29.6 Å². The van der Waals surface area contributed by atoms with Crippen molar-refractivity contribution in [3.05, 3.63) is 65.1 Å². The first-order chi connectivity index (χ1) is 17.8. The van der Waals surface area contributed by atoms with Crippen LogP contribution in [0.3, 0.4) is 0 Å². The Balaban J connectivity index is 1.53. The number of benzene rings is 2. The molecule has 37 heavy (non-hydrogen) atoms. The Morgan fingerprint density at radius 2 is 2.03 bits per heavy atom. The molecule has 0 saturated heterocycles. The van der Waals surface area contributed by atoms with E-state index in [-0.39, 0.29) is 17.3 Å². The number of phenols is 1. The van der Waals surface area contributed by atoms with Crippen LogP contribution in [0.2, 0.25) is 0 Å².